The summed E-state index contributed by atoms with van der Waals surface area (Å²) in [4.78, 5) is 27.2. The Balaban J connectivity index is 1.59. The molecule has 2 saturated carbocycles. The van der Waals surface area contributed by atoms with Gasteiger partial charge in [0, 0.05) is 4.47 Å². The molecule has 1 aromatic carbocycles. The second-order valence-corrected chi connectivity index (χ2v) is 7.63. The van der Waals surface area contributed by atoms with Crippen molar-refractivity contribution in [3.63, 3.8) is 0 Å². The minimum atomic E-state index is -0.117. The van der Waals surface area contributed by atoms with Crippen LogP contribution in [0.4, 0.5) is 5.69 Å². The number of hydrogen-bond donors (Lipinski definition) is 0. The van der Waals surface area contributed by atoms with Gasteiger partial charge in [0.25, 0.3) is 0 Å². The molecule has 3 nitrogen and oxygen atoms in total. The Hall–Kier alpha value is -1.42. The fraction of sp³-hybridized carbons (Fsp3) is 0.412. The van der Waals surface area contributed by atoms with E-state index in [1.165, 1.54) is 17.7 Å². The molecule has 4 heteroatoms. The van der Waals surface area contributed by atoms with Crippen molar-refractivity contribution in [1.82, 2.24) is 0 Å². The zero-order chi connectivity index (χ0) is 14.4. The molecule has 4 atom stereocenters. The van der Waals surface area contributed by atoms with Crippen molar-refractivity contribution in [2.75, 3.05) is 4.90 Å². The predicted molar refractivity (Wildman–Crippen MR) is 81.4 cm³/mol. The number of fused-ring (bicyclic) bond motifs is 3. The van der Waals surface area contributed by atoms with Gasteiger partial charge in [-0.15, -0.1) is 0 Å². The van der Waals surface area contributed by atoms with E-state index in [2.05, 4.69) is 28.1 Å². The number of amides is 2. The molecule has 0 N–H and O–H groups in total. The molecule has 0 unspecified atom stereocenters. The molecule has 1 aliphatic heterocycles. The third-order valence-electron chi connectivity index (χ3n) is 5.92. The first-order valence-electron chi connectivity index (χ1n) is 7.45. The van der Waals surface area contributed by atoms with Gasteiger partial charge in [0.05, 0.1) is 17.5 Å². The first-order valence-corrected chi connectivity index (χ1v) is 8.24. The number of nitrogens with zero attached hydrogens (tertiary/aromatic N) is 1. The second kappa shape index (κ2) is 3.67. The smallest absolute Gasteiger partial charge is 0.238 e. The maximum absolute atomic E-state index is 12.9. The maximum Gasteiger partial charge on any atom is 0.238 e. The number of imide groups is 1. The van der Waals surface area contributed by atoms with Crippen molar-refractivity contribution in [3.05, 3.63) is 40.9 Å². The molecule has 1 heterocycles. The monoisotopic (exact) mass is 343 g/mol. The third kappa shape index (κ3) is 1.30. The Morgan fingerprint density at radius 3 is 2.19 bits per heavy atom. The van der Waals surface area contributed by atoms with Gasteiger partial charge < -0.3 is 0 Å². The highest BCUT2D eigenvalue weighted by Crippen LogP contribution is 2.73. The standard InChI is InChI=1S/C17H14BrNO2/c18-9-2-1-3-10(8-9)19-15(20)13-11-4-5-12(14(13)16(19)21)17(11)6-7-17/h1-5,8,11-14H,6-7H2/t11-,12+,13+,14-. The number of halogens is 1. The SMILES string of the molecule is O=C1[C@@H]2[C@H](C(=O)N1c1cccc(Br)c1)[C@@H]1C=C[C@H]2C12CC2. The summed E-state index contributed by atoms with van der Waals surface area (Å²) in [7, 11) is 0. The third-order valence-corrected chi connectivity index (χ3v) is 6.41. The number of carbonyl (C=O) groups excluding carboxylic acids is 2. The summed E-state index contributed by atoms with van der Waals surface area (Å²) in [6, 6.07) is 7.45. The number of allylic oxidation sites excluding steroid dienone is 2. The van der Waals surface area contributed by atoms with E-state index < -0.39 is 0 Å². The van der Waals surface area contributed by atoms with Gasteiger partial charge >= 0.3 is 0 Å². The van der Waals surface area contributed by atoms with Crippen LogP contribution in [0.15, 0.2) is 40.9 Å². The van der Waals surface area contributed by atoms with Crippen molar-refractivity contribution >= 4 is 33.4 Å². The van der Waals surface area contributed by atoms with E-state index in [1.807, 2.05) is 24.3 Å². The van der Waals surface area contributed by atoms with E-state index in [1.54, 1.807) is 0 Å². The van der Waals surface area contributed by atoms with E-state index in [0.717, 1.165) is 4.47 Å². The summed E-state index contributed by atoms with van der Waals surface area (Å²) in [6.45, 7) is 0. The summed E-state index contributed by atoms with van der Waals surface area (Å²) in [5.41, 5.74) is 0.960. The van der Waals surface area contributed by atoms with Gasteiger partial charge in [-0.3, -0.25) is 9.59 Å². The molecule has 1 aromatic rings. The normalized spacial score (nSPS) is 37.7. The Kier molecular flexibility index (Phi) is 2.12. The fourth-order valence-electron chi connectivity index (χ4n) is 4.95. The minimum Gasteiger partial charge on any atom is -0.274 e. The lowest BCUT2D eigenvalue weighted by atomic mass is 9.85. The lowest BCUT2D eigenvalue weighted by Gasteiger charge is -2.21. The van der Waals surface area contributed by atoms with Crippen LogP contribution in [0.3, 0.4) is 0 Å². The van der Waals surface area contributed by atoms with Gasteiger partial charge in [-0.05, 0) is 48.3 Å². The first kappa shape index (κ1) is 12.2. The van der Waals surface area contributed by atoms with E-state index in [0.29, 0.717) is 17.5 Å². The quantitative estimate of drug-likeness (QED) is 0.580. The molecule has 0 aromatic heterocycles. The molecule has 5 rings (SSSR count). The Morgan fingerprint density at radius 1 is 1.05 bits per heavy atom. The van der Waals surface area contributed by atoms with Crippen LogP contribution < -0.4 is 4.90 Å². The zero-order valence-corrected chi connectivity index (χ0v) is 12.9. The summed E-state index contributed by atoms with van der Waals surface area (Å²) < 4.78 is 0.886. The van der Waals surface area contributed by atoms with Crippen molar-refractivity contribution in [1.29, 1.82) is 0 Å². The number of anilines is 1. The van der Waals surface area contributed by atoms with Crippen LogP contribution in [0.5, 0.6) is 0 Å². The van der Waals surface area contributed by atoms with Crippen molar-refractivity contribution in [2.45, 2.75) is 12.8 Å². The highest BCUT2D eigenvalue weighted by Gasteiger charge is 2.73. The average Bonchev–Trinajstić information content (AvgIpc) is 3.05. The largest absolute Gasteiger partial charge is 0.274 e. The van der Waals surface area contributed by atoms with Crippen LogP contribution in [0.1, 0.15) is 12.8 Å². The van der Waals surface area contributed by atoms with Crippen molar-refractivity contribution in [3.8, 4) is 0 Å². The summed E-state index contributed by atoms with van der Waals surface area (Å²) in [5, 5.41) is 0. The molecule has 21 heavy (non-hydrogen) atoms. The van der Waals surface area contributed by atoms with Crippen LogP contribution >= 0.6 is 15.9 Å². The van der Waals surface area contributed by atoms with Crippen LogP contribution in [-0.4, -0.2) is 11.8 Å². The molecule has 1 spiro atoms. The van der Waals surface area contributed by atoms with Gasteiger partial charge in [0.15, 0.2) is 0 Å². The molecule has 106 valence electrons. The Morgan fingerprint density at radius 2 is 1.67 bits per heavy atom. The van der Waals surface area contributed by atoms with Gasteiger partial charge in [-0.1, -0.05) is 34.1 Å². The summed E-state index contributed by atoms with van der Waals surface area (Å²) in [6.07, 6.45) is 6.77. The lowest BCUT2D eigenvalue weighted by molar-refractivity contribution is -0.123. The predicted octanol–water partition coefficient (Wildman–Crippen LogP) is 3.15. The van der Waals surface area contributed by atoms with Crippen LogP contribution in [0.2, 0.25) is 0 Å². The molecular weight excluding hydrogens is 330 g/mol. The van der Waals surface area contributed by atoms with Gasteiger partial charge in [0.2, 0.25) is 11.8 Å². The van der Waals surface area contributed by atoms with E-state index in [-0.39, 0.29) is 29.1 Å². The average molecular weight is 344 g/mol. The number of benzene rings is 1. The number of rotatable bonds is 1. The van der Waals surface area contributed by atoms with Crippen molar-refractivity contribution < 1.29 is 9.59 Å². The van der Waals surface area contributed by atoms with E-state index >= 15 is 0 Å². The fourth-order valence-corrected chi connectivity index (χ4v) is 5.34. The Labute approximate surface area is 131 Å². The number of carbonyl (C=O) groups is 2. The first-order chi connectivity index (χ1) is 10.1. The maximum atomic E-state index is 12.9. The van der Waals surface area contributed by atoms with Gasteiger partial charge in [0.1, 0.15) is 0 Å². The van der Waals surface area contributed by atoms with Crippen LogP contribution in [0, 0.1) is 29.1 Å². The van der Waals surface area contributed by atoms with Gasteiger partial charge in [-0.2, -0.15) is 0 Å². The van der Waals surface area contributed by atoms with E-state index in [4.69, 9.17) is 0 Å². The topological polar surface area (TPSA) is 37.4 Å². The molecule has 1 saturated heterocycles. The molecule has 2 bridgehead atoms. The van der Waals surface area contributed by atoms with Crippen LogP contribution in [0.25, 0.3) is 0 Å². The molecule has 3 aliphatic carbocycles. The highest BCUT2D eigenvalue weighted by atomic mass is 79.9. The second-order valence-electron chi connectivity index (χ2n) is 6.71. The highest BCUT2D eigenvalue weighted by molar-refractivity contribution is 9.10. The number of hydrogen-bond acceptors (Lipinski definition) is 2. The molecule has 4 aliphatic rings. The Bertz CT molecular complexity index is 687. The summed E-state index contributed by atoms with van der Waals surface area (Å²) in [5.74, 6) is 0.364. The minimum absolute atomic E-state index is 0.00576. The zero-order valence-electron chi connectivity index (χ0n) is 11.3. The van der Waals surface area contributed by atoms with Crippen molar-refractivity contribution in [2.24, 2.45) is 29.1 Å². The lowest BCUT2D eigenvalue weighted by Crippen LogP contribution is -2.34. The molecule has 3 fully saturated rings. The molecule has 0 radical (unpaired) electrons. The van der Waals surface area contributed by atoms with Crippen LogP contribution in [-0.2, 0) is 9.59 Å². The summed E-state index contributed by atoms with van der Waals surface area (Å²) >= 11 is 3.41. The van der Waals surface area contributed by atoms with E-state index in [9.17, 15) is 9.59 Å². The molecule has 2 amide bonds. The molecular formula is C17H14BrNO2. The van der Waals surface area contributed by atoms with Gasteiger partial charge in [-0.25, -0.2) is 4.90 Å².